The fourth-order valence-electron chi connectivity index (χ4n) is 0.965. The van der Waals surface area contributed by atoms with Gasteiger partial charge in [0.05, 0.1) is 11.3 Å². The third-order valence-electron chi connectivity index (χ3n) is 1.64. The number of nitrogen functional groups attached to an aromatic ring is 1. The number of hydrogen-bond acceptors (Lipinski definition) is 3. The largest absolute Gasteiger partial charge is 0.398 e. The van der Waals surface area contributed by atoms with Gasteiger partial charge >= 0.3 is 0 Å². The van der Waals surface area contributed by atoms with Crippen molar-refractivity contribution in [1.29, 1.82) is 5.26 Å². The number of nitriles is 1. The first-order valence-corrected chi connectivity index (χ1v) is 3.90. The number of amides is 1. The number of nitrogens with two attached hydrogens (primary N) is 2. The van der Waals surface area contributed by atoms with Crippen molar-refractivity contribution < 1.29 is 4.79 Å². The Morgan fingerprint density at radius 3 is 2.71 bits per heavy atom. The number of carbonyl (C=O) groups is 1. The molecular weight excluding hydrogens is 178 g/mol. The van der Waals surface area contributed by atoms with Gasteiger partial charge in [-0.3, -0.25) is 4.79 Å². The van der Waals surface area contributed by atoms with Crippen molar-refractivity contribution in [3.8, 4) is 6.07 Å². The first-order chi connectivity index (χ1) is 6.63. The van der Waals surface area contributed by atoms with Gasteiger partial charge < -0.3 is 11.5 Å². The molecule has 0 radical (unpaired) electrons. The van der Waals surface area contributed by atoms with Crippen molar-refractivity contribution in [2.45, 2.75) is 0 Å². The predicted octanol–water partition coefficient (Wildman–Crippen LogP) is 0.639. The van der Waals surface area contributed by atoms with Crippen LogP contribution in [0.15, 0.2) is 24.3 Å². The molecule has 4 heteroatoms. The molecular formula is C10H9N3O. The van der Waals surface area contributed by atoms with Gasteiger partial charge in [0.2, 0.25) is 5.91 Å². The van der Waals surface area contributed by atoms with E-state index in [1.165, 1.54) is 6.08 Å². The van der Waals surface area contributed by atoms with E-state index in [-0.39, 0.29) is 0 Å². The Morgan fingerprint density at radius 2 is 2.21 bits per heavy atom. The molecule has 0 aromatic heterocycles. The number of benzene rings is 1. The summed E-state index contributed by atoms with van der Waals surface area (Å²) < 4.78 is 0. The Morgan fingerprint density at radius 1 is 1.50 bits per heavy atom. The summed E-state index contributed by atoms with van der Waals surface area (Å²) in [6.07, 6.45) is 2.78. The molecule has 70 valence electrons. The first kappa shape index (κ1) is 9.81. The molecule has 0 spiro atoms. The van der Waals surface area contributed by atoms with Gasteiger partial charge in [-0.05, 0) is 23.8 Å². The lowest BCUT2D eigenvalue weighted by molar-refractivity contribution is -0.113. The molecule has 0 atom stereocenters. The summed E-state index contributed by atoms with van der Waals surface area (Å²) in [5.41, 5.74) is 12.0. The second kappa shape index (κ2) is 4.10. The minimum absolute atomic E-state index is 0.388. The van der Waals surface area contributed by atoms with Crippen LogP contribution in [0.4, 0.5) is 5.69 Å². The Kier molecular flexibility index (Phi) is 2.87. The highest BCUT2D eigenvalue weighted by Crippen LogP contribution is 2.13. The van der Waals surface area contributed by atoms with E-state index in [1.54, 1.807) is 24.3 Å². The number of hydrogen-bond donors (Lipinski definition) is 2. The molecule has 0 saturated carbocycles. The zero-order valence-electron chi connectivity index (χ0n) is 7.40. The Hall–Kier alpha value is -2.28. The molecule has 1 aromatic rings. The molecule has 1 rings (SSSR count). The minimum atomic E-state index is -0.520. The third kappa shape index (κ3) is 2.35. The van der Waals surface area contributed by atoms with Crippen molar-refractivity contribution in [1.82, 2.24) is 0 Å². The van der Waals surface area contributed by atoms with Crippen LogP contribution in [0.3, 0.4) is 0 Å². The van der Waals surface area contributed by atoms with E-state index in [9.17, 15) is 4.79 Å². The highest BCUT2D eigenvalue weighted by molar-refractivity contribution is 5.90. The molecule has 1 amide bonds. The minimum Gasteiger partial charge on any atom is -0.398 e. The van der Waals surface area contributed by atoms with Gasteiger partial charge in [0.1, 0.15) is 6.07 Å². The molecule has 0 aliphatic heterocycles. The maximum Gasteiger partial charge on any atom is 0.241 e. The zero-order chi connectivity index (χ0) is 10.6. The van der Waals surface area contributed by atoms with Crippen LogP contribution < -0.4 is 11.5 Å². The number of primary amides is 1. The lowest BCUT2D eigenvalue weighted by Gasteiger charge is -1.98. The van der Waals surface area contributed by atoms with E-state index in [0.29, 0.717) is 11.3 Å². The standard InChI is InChI=1S/C10H9N3O/c11-6-8-3-1-7(5-9(8)12)2-4-10(13)14/h1-5H,12H2,(H2,13,14). The van der Waals surface area contributed by atoms with Crippen LogP contribution in [-0.4, -0.2) is 5.91 Å². The Labute approximate surface area is 81.4 Å². The maximum atomic E-state index is 10.4. The second-order valence-corrected chi connectivity index (χ2v) is 2.69. The molecule has 4 N–H and O–H groups in total. The first-order valence-electron chi connectivity index (χ1n) is 3.90. The van der Waals surface area contributed by atoms with Crippen molar-refractivity contribution >= 4 is 17.7 Å². The maximum absolute atomic E-state index is 10.4. The van der Waals surface area contributed by atoms with Gasteiger partial charge in [-0.25, -0.2) is 0 Å². The second-order valence-electron chi connectivity index (χ2n) is 2.69. The average molecular weight is 187 g/mol. The van der Waals surface area contributed by atoms with Gasteiger partial charge in [0, 0.05) is 6.08 Å². The quantitative estimate of drug-likeness (QED) is 0.525. The van der Waals surface area contributed by atoms with E-state index in [0.717, 1.165) is 5.56 Å². The van der Waals surface area contributed by atoms with E-state index in [2.05, 4.69) is 0 Å². The van der Waals surface area contributed by atoms with Gasteiger partial charge in [0.25, 0.3) is 0 Å². The van der Waals surface area contributed by atoms with Crippen LogP contribution in [0.2, 0.25) is 0 Å². The van der Waals surface area contributed by atoms with Crippen LogP contribution >= 0.6 is 0 Å². The molecule has 0 aliphatic carbocycles. The SMILES string of the molecule is N#Cc1ccc(C=CC(N)=O)cc1N. The van der Waals surface area contributed by atoms with Crippen LogP contribution in [0.1, 0.15) is 11.1 Å². The topological polar surface area (TPSA) is 92.9 Å². The molecule has 0 saturated heterocycles. The zero-order valence-corrected chi connectivity index (χ0v) is 7.40. The summed E-state index contributed by atoms with van der Waals surface area (Å²) in [5, 5.41) is 8.61. The van der Waals surface area contributed by atoms with Gasteiger partial charge in [-0.1, -0.05) is 6.07 Å². The highest BCUT2D eigenvalue weighted by atomic mass is 16.1. The Balaban J connectivity index is 2.99. The smallest absolute Gasteiger partial charge is 0.241 e. The van der Waals surface area contributed by atoms with Crippen LogP contribution in [0.5, 0.6) is 0 Å². The van der Waals surface area contributed by atoms with E-state index in [4.69, 9.17) is 16.7 Å². The Bertz CT molecular complexity index is 429. The normalized spacial score (nSPS) is 9.93. The monoisotopic (exact) mass is 187 g/mol. The number of carbonyl (C=O) groups excluding carboxylic acids is 1. The molecule has 0 aliphatic rings. The molecule has 0 unspecified atom stereocenters. The van der Waals surface area contributed by atoms with Crippen LogP contribution in [-0.2, 0) is 4.79 Å². The molecule has 0 heterocycles. The molecule has 1 aromatic carbocycles. The van der Waals surface area contributed by atoms with Crippen molar-refractivity contribution in [2.24, 2.45) is 5.73 Å². The highest BCUT2D eigenvalue weighted by Gasteiger charge is 1.97. The summed E-state index contributed by atoms with van der Waals surface area (Å²) >= 11 is 0. The molecule has 0 fully saturated rings. The summed E-state index contributed by atoms with van der Waals surface area (Å²) in [7, 11) is 0. The fraction of sp³-hybridized carbons (Fsp3) is 0. The number of nitrogens with zero attached hydrogens (tertiary/aromatic N) is 1. The van der Waals surface area contributed by atoms with E-state index < -0.39 is 5.91 Å². The summed E-state index contributed by atoms with van der Waals surface area (Å²) in [5.74, 6) is -0.520. The number of anilines is 1. The predicted molar refractivity (Wildman–Crippen MR) is 53.8 cm³/mol. The van der Waals surface area contributed by atoms with Crippen molar-refractivity contribution in [3.05, 3.63) is 35.4 Å². The lowest BCUT2D eigenvalue weighted by Crippen LogP contribution is -2.05. The summed E-state index contributed by atoms with van der Waals surface area (Å²) in [4.78, 5) is 10.4. The summed E-state index contributed by atoms with van der Waals surface area (Å²) in [6, 6.07) is 6.84. The van der Waals surface area contributed by atoms with Gasteiger partial charge in [-0.15, -0.1) is 0 Å². The van der Waals surface area contributed by atoms with Gasteiger partial charge in [-0.2, -0.15) is 5.26 Å². The average Bonchev–Trinajstić information content (AvgIpc) is 2.15. The number of rotatable bonds is 2. The molecule has 14 heavy (non-hydrogen) atoms. The summed E-state index contributed by atoms with van der Waals surface area (Å²) in [6.45, 7) is 0. The van der Waals surface area contributed by atoms with Gasteiger partial charge in [0.15, 0.2) is 0 Å². The third-order valence-corrected chi connectivity index (χ3v) is 1.64. The van der Waals surface area contributed by atoms with E-state index in [1.807, 2.05) is 6.07 Å². The lowest BCUT2D eigenvalue weighted by atomic mass is 10.1. The van der Waals surface area contributed by atoms with Crippen LogP contribution in [0.25, 0.3) is 6.08 Å². The molecule has 0 bridgehead atoms. The van der Waals surface area contributed by atoms with Crippen molar-refractivity contribution in [3.63, 3.8) is 0 Å². The fourth-order valence-corrected chi connectivity index (χ4v) is 0.965. The van der Waals surface area contributed by atoms with Crippen LogP contribution in [0, 0.1) is 11.3 Å². The van der Waals surface area contributed by atoms with Crippen molar-refractivity contribution in [2.75, 3.05) is 5.73 Å². The van der Waals surface area contributed by atoms with E-state index >= 15 is 0 Å². The molecule has 4 nitrogen and oxygen atoms in total.